The molecule has 0 aromatic carbocycles. The van der Waals surface area contributed by atoms with E-state index in [2.05, 4.69) is 32.8 Å². The smallest absolute Gasteiger partial charge is 0.0834 e. The number of rotatable bonds is 4. The Hall–Kier alpha value is -1.26. The zero-order valence-electron chi connectivity index (χ0n) is 10.2. The van der Waals surface area contributed by atoms with Crippen LogP contribution in [-0.2, 0) is 12.8 Å². The molecule has 2 aromatic rings. The van der Waals surface area contributed by atoms with Gasteiger partial charge in [0.1, 0.15) is 0 Å². The molecule has 2 rings (SSSR count). The monoisotopic (exact) mass is 306 g/mol. The second kappa shape index (κ2) is 6.07. The van der Waals surface area contributed by atoms with Crippen LogP contribution in [0.5, 0.6) is 0 Å². The van der Waals surface area contributed by atoms with Crippen molar-refractivity contribution in [3.63, 3.8) is 0 Å². The molecular weight excluding hydrogens is 292 g/mol. The van der Waals surface area contributed by atoms with Gasteiger partial charge in [0.2, 0.25) is 0 Å². The molecule has 1 N–H and O–H groups in total. The highest BCUT2D eigenvalue weighted by Crippen LogP contribution is 2.22. The Bertz CT molecular complexity index is 531. The van der Waals surface area contributed by atoms with Crippen molar-refractivity contribution in [1.82, 2.24) is 9.97 Å². The van der Waals surface area contributed by atoms with Gasteiger partial charge in [-0.05, 0) is 51.2 Å². The van der Waals surface area contributed by atoms with Crippen molar-refractivity contribution in [3.8, 4) is 0 Å². The molecule has 0 radical (unpaired) electrons. The molecule has 4 heteroatoms. The molecule has 2 heterocycles. The van der Waals surface area contributed by atoms with E-state index in [4.69, 9.17) is 0 Å². The Morgan fingerprint density at radius 3 is 2.83 bits per heavy atom. The predicted molar refractivity (Wildman–Crippen MR) is 74.2 cm³/mol. The van der Waals surface area contributed by atoms with Crippen LogP contribution in [0.2, 0.25) is 0 Å². The van der Waals surface area contributed by atoms with Crippen LogP contribution in [0.15, 0.2) is 41.4 Å². The zero-order chi connectivity index (χ0) is 13.0. The van der Waals surface area contributed by atoms with Gasteiger partial charge in [-0.3, -0.25) is 9.97 Å². The quantitative estimate of drug-likeness (QED) is 0.944. The first-order valence-electron chi connectivity index (χ1n) is 5.91. The van der Waals surface area contributed by atoms with Crippen molar-refractivity contribution in [2.45, 2.75) is 25.9 Å². The maximum Gasteiger partial charge on any atom is 0.0834 e. The maximum atomic E-state index is 10.3. The van der Waals surface area contributed by atoms with Crippen LogP contribution < -0.4 is 0 Å². The summed E-state index contributed by atoms with van der Waals surface area (Å²) in [6.07, 6.45) is 7.97. The van der Waals surface area contributed by atoms with Crippen molar-refractivity contribution < 1.29 is 5.11 Å². The van der Waals surface area contributed by atoms with Gasteiger partial charge in [-0.2, -0.15) is 0 Å². The number of pyridine rings is 2. The number of aromatic nitrogens is 2. The fourth-order valence-electron chi connectivity index (χ4n) is 1.96. The van der Waals surface area contributed by atoms with Gasteiger partial charge < -0.3 is 5.11 Å². The van der Waals surface area contributed by atoms with Crippen molar-refractivity contribution >= 4 is 15.9 Å². The van der Waals surface area contributed by atoms with Gasteiger partial charge in [-0.1, -0.05) is 6.92 Å². The van der Waals surface area contributed by atoms with E-state index in [0.29, 0.717) is 6.42 Å². The van der Waals surface area contributed by atoms with Crippen LogP contribution in [0.25, 0.3) is 0 Å². The largest absolute Gasteiger partial charge is 0.388 e. The lowest BCUT2D eigenvalue weighted by Gasteiger charge is -2.14. The number of hydrogen-bond acceptors (Lipinski definition) is 3. The molecule has 0 spiro atoms. The number of aliphatic hydroxyl groups excluding tert-OH is 1. The fraction of sp³-hybridized carbons (Fsp3) is 0.286. The lowest BCUT2D eigenvalue weighted by molar-refractivity contribution is 0.177. The molecule has 0 aliphatic carbocycles. The Morgan fingerprint density at radius 2 is 2.11 bits per heavy atom. The summed E-state index contributed by atoms with van der Waals surface area (Å²) in [6, 6.07) is 3.86. The Morgan fingerprint density at radius 1 is 1.28 bits per heavy atom. The van der Waals surface area contributed by atoms with E-state index in [1.807, 2.05) is 18.3 Å². The van der Waals surface area contributed by atoms with Gasteiger partial charge in [0.25, 0.3) is 0 Å². The predicted octanol–water partition coefficient (Wildman–Crippen LogP) is 3.08. The third kappa shape index (κ3) is 3.15. The lowest BCUT2D eigenvalue weighted by atomic mass is 9.98. The van der Waals surface area contributed by atoms with Gasteiger partial charge in [-0.15, -0.1) is 0 Å². The number of nitrogens with zero attached hydrogens (tertiary/aromatic N) is 2. The molecule has 0 saturated heterocycles. The molecule has 94 valence electrons. The van der Waals surface area contributed by atoms with Crippen LogP contribution in [-0.4, -0.2) is 15.1 Å². The van der Waals surface area contributed by atoms with E-state index in [1.165, 1.54) is 0 Å². The van der Waals surface area contributed by atoms with Crippen molar-refractivity contribution in [3.05, 3.63) is 58.1 Å². The van der Waals surface area contributed by atoms with Crippen molar-refractivity contribution in [1.29, 1.82) is 0 Å². The molecule has 1 atom stereocenters. The Balaban J connectivity index is 2.19. The van der Waals surface area contributed by atoms with E-state index in [9.17, 15) is 5.11 Å². The lowest BCUT2D eigenvalue weighted by Crippen LogP contribution is -2.05. The minimum absolute atomic E-state index is 0.515. The van der Waals surface area contributed by atoms with E-state index in [-0.39, 0.29) is 0 Å². The van der Waals surface area contributed by atoms with Gasteiger partial charge in [-0.25, -0.2) is 0 Å². The summed E-state index contributed by atoms with van der Waals surface area (Å²) in [5, 5.41) is 10.3. The minimum Gasteiger partial charge on any atom is -0.388 e. The normalized spacial score (nSPS) is 12.4. The molecule has 0 aliphatic rings. The molecule has 1 unspecified atom stereocenters. The Labute approximate surface area is 115 Å². The highest BCUT2D eigenvalue weighted by Gasteiger charge is 2.12. The van der Waals surface area contributed by atoms with E-state index >= 15 is 0 Å². The summed E-state index contributed by atoms with van der Waals surface area (Å²) < 4.78 is 0.928. The van der Waals surface area contributed by atoms with Crippen LogP contribution in [0.1, 0.15) is 29.7 Å². The SMILES string of the molecule is CCc1cnccc1C(O)Cc1cncc(Br)c1. The summed E-state index contributed by atoms with van der Waals surface area (Å²) >= 11 is 3.38. The molecule has 0 aliphatic heterocycles. The van der Waals surface area contributed by atoms with Crippen LogP contribution in [0.3, 0.4) is 0 Å². The van der Waals surface area contributed by atoms with Crippen LogP contribution in [0.4, 0.5) is 0 Å². The van der Waals surface area contributed by atoms with Crippen LogP contribution in [0, 0.1) is 0 Å². The summed E-state index contributed by atoms with van der Waals surface area (Å²) in [7, 11) is 0. The highest BCUT2D eigenvalue weighted by molar-refractivity contribution is 9.10. The number of aliphatic hydroxyl groups is 1. The third-order valence-corrected chi connectivity index (χ3v) is 3.31. The standard InChI is InChI=1S/C14H15BrN2O/c1-2-11-8-16-4-3-13(11)14(18)6-10-5-12(15)9-17-7-10/h3-5,7-9,14,18H,2,6H2,1H3. The van der Waals surface area contributed by atoms with Crippen molar-refractivity contribution in [2.24, 2.45) is 0 Å². The molecule has 0 amide bonds. The van der Waals surface area contributed by atoms with Crippen LogP contribution >= 0.6 is 15.9 Å². The maximum absolute atomic E-state index is 10.3. The average molecular weight is 307 g/mol. The minimum atomic E-state index is -0.515. The summed E-state index contributed by atoms with van der Waals surface area (Å²) in [5.41, 5.74) is 3.05. The third-order valence-electron chi connectivity index (χ3n) is 2.87. The first-order chi connectivity index (χ1) is 8.70. The molecule has 0 saturated carbocycles. The zero-order valence-corrected chi connectivity index (χ0v) is 11.8. The van der Waals surface area contributed by atoms with Gasteiger partial charge in [0.15, 0.2) is 0 Å². The molecular formula is C14H15BrN2O. The van der Waals surface area contributed by atoms with E-state index < -0.39 is 6.10 Å². The molecule has 18 heavy (non-hydrogen) atoms. The van der Waals surface area contributed by atoms with Gasteiger partial charge in [0.05, 0.1) is 6.10 Å². The van der Waals surface area contributed by atoms with Crippen molar-refractivity contribution in [2.75, 3.05) is 0 Å². The molecule has 0 bridgehead atoms. The van der Waals surface area contributed by atoms with E-state index in [0.717, 1.165) is 27.6 Å². The Kier molecular flexibility index (Phi) is 4.44. The fourth-order valence-corrected chi connectivity index (χ4v) is 2.37. The van der Waals surface area contributed by atoms with Gasteiger partial charge >= 0.3 is 0 Å². The number of aryl methyl sites for hydroxylation is 1. The highest BCUT2D eigenvalue weighted by atomic mass is 79.9. The second-order valence-electron chi connectivity index (χ2n) is 4.16. The second-order valence-corrected chi connectivity index (χ2v) is 5.08. The molecule has 2 aromatic heterocycles. The topological polar surface area (TPSA) is 46.0 Å². The summed E-state index contributed by atoms with van der Waals surface area (Å²) in [4.78, 5) is 8.19. The summed E-state index contributed by atoms with van der Waals surface area (Å²) in [5.74, 6) is 0. The number of halogens is 1. The molecule has 0 fully saturated rings. The average Bonchev–Trinajstić information content (AvgIpc) is 2.38. The summed E-state index contributed by atoms with van der Waals surface area (Å²) in [6.45, 7) is 2.06. The first kappa shape index (κ1) is 13.2. The number of hydrogen-bond donors (Lipinski definition) is 1. The molecule has 3 nitrogen and oxygen atoms in total. The first-order valence-corrected chi connectivity index (χ1v) is 6.70. The van der Waals surface area contributed by atoms with E-state index in [1.54, 1.807) is 18.6 Å². The van der Waals surface area contributed by atoms with Gasteiger partial charge in [0, 0.05) is 35.7 Å².